The average Bonchev–Trinajstić information content (AvgIpc) is 2.90. The first-order chi connectivity index (χ1) is 8.26. The predicted octanol–water partition coefficient (Wildman–Crippen LogP) is 3.22. The molecule has 2 saturated heterocycles. The van der Waals surface area contributed by atoms with Crippen molar-refractivity contribution in [1.29, 1.82) is 0 Å². The summed E-state index contributed by atoms with van der Waals surface area (Å²) in [5.41, 5.74) is 2.71. The van der Waals surface area contributed by atoms with Gasteiger partial charge in [0.25, 0.3) is 0 Å². The largest absolute Gasteiger partial charge is 0.350 e. The van der Waals surface area contributed by atoms with Crippen LogP contribution in [0.25, 0.3) is 0 Å². The van der Waals surface area contributed by atoms with E-state index in [1.54, 1.807) is 0 Å². The molecule has 1 spiro atoms. The van der Waals surface area contributed by atoms with Gasteiger partial charge < -0.3 is 9.47 Å². The van der Waals surface area contributed by atoms with Gasteiger partial charge in [0, 0.05) is 12.8 Å². The monoisotopic (exact) mass is 232 g/mol. The number of hydrogen-bond acceptors (Lipinski definition) is 2. The SMILES string of the molecule is Cc1cccc(CC2CCC3(CCCO3)O2)c1. The topological polar surface area (TPSA) is 18.5 Å². The van der Waals surface area contributed by atoms with Gasteiger partial charge in [0.1, 0.15) is 0 Å². The Hall–Kier alpha value is -0.860. The fourth-order valence-electron chi connectivity index (χ4n) is 3.01. The van der Waals surface area contributed by atoms with Crippen molar-refractivity contribution in [2.45, 2.75) is 50.9 Å². The summed E-state index contributed by atoms with van der Waals surface area (Å²) in [4.78, 5) is 0. The Morgan fingerprint density at radius 1 is 1.35 bits per heavy atom. The quantitative estimate of drug-likeness (QED) is 0.779. The van der Waals surface area contributed by atoms with Crippen LogP contribution in [-0.2, 0) is 15.9 Å². The molecule has 0 N–H and O–H groups in total. The van der Waals surface area contributed by atoms with Crippen molar-refractivity contribution in [2.24, 2.45) is 0 Å². The molecule has 0 saturated carbocycles. The minimum absolute atomic E-state index is 0.214. The summed E-state index contributed by atoms with van der Waals surface area (Å²) in [5, 5.41) is 0. The highest BCUT2D eigenvalue weighted by Gasteiger charge is 2.43. The Morgan fingerprint density at radius 2 is 2.29 bits per heavy atom. The fourth-order valence-corrected chi connectivity index (χ4v) is 3.01. The van der Waals surface area contributed by atoms with Crippen LogP contribution in [0.2, 0.25) is 0 Å². The molecule has 0 radical (unpaired) electrons. The molecular weight excluding hydrogens is 212 g/mol. The molecule has 2 fully saturated rings. The van der Waals surface area contributed by atoms with Gasteiger partial charge >= 0.3 is 0 Å². The minimum atomic E-state index is -0.214. The first-order valence-electron chi connectivity index (χ1n) is 6.63. The number of benzene rings is 1. The first kappa shape index (κ1) is 11.2. The lowest BCUT2D eigenvalue weighted by atomic mass is 10.0. The second-order valence-electron chi connectivity index (χ2n) is 5.33. The highest BCUT2D eigenvalue weighted by molar-refractivity contribution is 5.23. The summed E-state index contributed by atoms with van der Waals surface area (Å²) < 4.78 is 11.9. The highest BCUT2D eigenvalue weighted by Crippen LogP contribution is 2.40. The lowest BCUT2D eigenvalue weighted by Gasteiger charge is -2.23. The molecule has 2 nitrogen and oxygen atoms in total. The van der Waals surface area contributed by atoms with Crippen molar-refractivity contribution in [3.63, 3.8) is 0 Å². The van der Waals surface area contributed by atoms with E-state index in [9.17, 15) is 0 Å². The van der Waals surface area contributed by atoms with E-state index in [0.717, 1.165) is 38.7 Å². The number of aryl methyl sites for hydroxylation is 1. The Morgan fingerprint density at radius 3 is 3.06 bits per heavy atom. The van der Waals surface area contributed by atoms with Crippen molar-refractivity contribution in [1.82, 2.24) is 0 Å². The van der Waals surface area contributed by atoms with E-state index in [1.165, 1.54) is 11.1 Å². The van der Waals surface area contributed by atoms with Crippen molar-refractivity contribution < 1.29 is 9.47 Å². The zero-order chi connectivity index (χ0) is 11.7. The van der Waals surface area contributed by atoms with Gasteiger partial charge in [-0.25, -0.2) is 0 Å². The van der Waals surface area contributed by atoms with Gasteiger partial charge in [0.05, 0.1) is 12.7 Å². The number of ether oxygens (including phenoxy) is 2. The van der Waals surface area contributed by atoms with Crippen LogP contribution in [-0.4, -0.2) is 18.5 Å². The standard InChI is InChI=1S/C15H20O2/c1-12-4-2-5-13(10-12)11-14-6-8-15(17-14)7-3-9-16-15/h2,4-5,10,14H,3,6-9,11H2,1H3. The van der Waals surface area contributed by atoms with E-state index < -0.39 is 0 Å². The molecule has 92 valence electrons. The van der Waals surface area contributed by atoms with E-state index in [-0.39, 0.29) is 5.79 Å². The smallest absolute Gasteiger partial charge is 0.168 e. The molecule has 2 unspecified atom stereocenters. The summed E-state index contributed by atoms with van der Waals surface area (Å²) in [6.07, 6.45) is 5.80. The molecule has 0 amide bonds. The van der Waals surface area contributed by atoms with Crippen LogP contribution in [0.4, 0.5) is 0 Å². The van der Waals surface area contributed by atoms with E-state index in [0.29, 0.717) is 6.10 Å². The molecule has 3 rings (SSSR count). The molecule has 2 heteroatoms. The maximum absolute atomic E-state index is 6.13. The van der Waals surface area contributed by atoms with Crippen LogP contribution in [0, 0.1) is 6.92 Å². The van der Waals surface area contributed by atoms with Gasteiger partial charge in [0.15, 0.2) is 5.79 Å². The van der Waals surface area contributed by atoms with Crippen LogP contribution in [0.15, 0.2) is 24.3 Å². The molecule has 1 aromatic rings. The highest BCUT2D eigenvalue weighted by atomic mass is 16.7. The zero-order valence-corrected chi connectivity index (χ0v) is 10.4. The molecule has 2 atom stereocenters. The predicted molar refractivity (Wildman–Crippen MR) is 66.9 cm³/mol. The second kappa shape index (κ2) is 4.43. The lowest BCUT2D eigenvalue weighted by Crippen LogP contribution is -2.28. The third-order valence-electron chi connectivity index (χ3n) is 3.84. The van der Waals surface area contributed by atoms with E-state index in [4.69, 9.17) is 9.47 Å². The summed E-state index contributed by atoms with van der Waals surface area (Å²) in [6, 6.07) is 8.71. The number of rotatable bonds is 2. The maximum Gasteiger partial charge on any atom is 0.168 e. The molecule has 17 heavy (non-hydrogen) atoms. The van der Waals surface area contributed by atoms with Gasteiger partial charge in [-0.05, 0) is 31.7 Å². The van der Waals surface area contributed by atoms with Crippen LogP contribution < -0.4 is 0 Å². The molecule has 1 aromatic carbocycles. The second-order valence-corrected chi connectivity index (χ2v) is 5.33. The van der Waals surface area contributed by atoms with Crippen LogP contribution >= 0.6 is 0 Å². The molecular formula is C15H20O2. The molecule has 0 aliphatic carbocycles. The minimum Gasteiger partial charge on any atom is -0.350 e. The van der Waals surface area contributed by atoms with E-state index in [2.05, 4.69) is 31.2 Å². The Balaban J connectivity index is 1.64. The summed E-state index contributed by atoms with van der Waals surface area (Å²) in [5.74, 6) is -0.214. The Labute approximate surface area is 103 Å². The molecule has 0 aromatic heterocycles. The molecule has 2 aliphatic heterocycles. The summed E-state index contributed by atoms with van der Waals surface area (Å²) >= 11 is 0. The van der Waals surface area contributed by atoms with Gasteiger partial charge in [0.2, 0.25) is 0 Å². The van der Waals surface area contributed by atoms with Crippen molar-refractivity contribution >= 4 is 0 Å². The summed E-state index contributed by atoms with van der Waals surface area (Å²) in [6.45, 7) is 3.01. The van der Waals surface area contributed by atoms with Crippen molar-refractivity contribution in [3.05, 3.63) is 35.4 Å². The fraction of sp³-hybridized carbons (Fsp3) is 0.600. The number of hydrogen-bond donors (Lipinski definition) is 0. The Kier molecular flexibility index (Phi) is 2.93. The Bertz CT molecular complexity index is 394. The zero-order valence-electron chi connectivity index (χ0n) is 10.4. The maximum atomic E-state index is 6.13. The van der Waals surface area contributed by atoms with Gasteiger partial charge in [-0.15, -0.1) is 0 Å². The first-order valence-corrected chi connectivity index (χ1v) is 6.63. The van der Waals surface area contributed by atoms with Gasteiger partial charge in [-0.2, -0.15) is 0 Å². The molecule has 0 bridgehead atoms. The van der Waals surface area contributed by atoms with Crippen LogP contribution in [0.1, 0.15) is 36.8 Å². The van der Waals surface area contributed by atoms with E-state index >= 15 is 0 Å². The van der Waals surface area contributed by atoms with Gasteiger partial charge in [-0.1, -0.05) is 29.8 Å². The molecule has 2 aliphatic rings. The third-order valence-corrected chi connectivity index (χ3v) is 3.84. The van der Waals surface area contributed by atoms with Crippen molar-refractivity contribution in [3.8, 4) is 0 Å². The third kappa shape index (κ3) is 2.38. The molecule has 2 heterocycles. The van der Waals surface area contributed by atoms with Crippen LogP contribution in [0.5, 0.6) is 0 Å². The van der Waals surface area contributed by atoms with Crippen LogP contribution in [0.3, 0.4) is 0 Å². The lowest BCUT2D eigenvalue weighted by molar-refractivity contribution is -0.198. The summed E-state index contributed by atoms with van der Waals surface area (Å²) in [7, 11) is 0. The van der Waals surface area contributed by atoms with E-state index in [1.807, 2.05) is 0 Å². The normalized spacial score (nSPS) is 32.4. The van der Waals surface area contributed by atoms with Gasteiger partial charge in [-0.3, -0.25) is 0 Å². The average molecular weight is 232 g/mol. The van der Waals surface area contributed by atoms with Crippen molar-refractivity contribution in [2.75, 3.05) is 6.61 Å².